The molecule has 0 atom stereocenters. The summed E-state index contributed by atoms with van der Waals surface area (Å²) in [7, 11) is 0. The number of nitrogens with one attached hydrogen (secondary N) is 2. The van der Waals surface area contributed by atoms with Gasteiger partial charge >= 0.3 is 0 Å². The number of hydrogen-bond acceptors (Lipinski definition) is 5. The van der Waals surface area contributed by atoms with E-state index in [9.17, 15) is 0 Å². The van der Waals surface area contributed by atoms with Gasteiger partial charge in [-0.05, 0) is 32.4 Å². The third-order valence-electron chi connectivity index (χ3n) is 2.84. The molecule has 1 aromatic carbocycles. The lowest BCUT2D eigenvalue weighted by atomic mass is 10.3. The molecule has 0 fully saturated rings. The summed E-state index contributed by atoms with van der Waals surface area (Å²) < 4.78 is 5.60. The average Bonchev–Trinajstić information content (AvgIpc) is 2.47. The summed E-state index contributed by atoms with van der Waals surface area (Å²) in [6.07, 6.45) is 1.05. The first-order chi connectivity index (χ1) is 10.2. The van der Waals surface area contributed by atoms with Gasteiger partial charge in [0, 0.05) is 18.3 Å². The smallest absolute Gasteiger partial charge is 0.229 e. The molecule has 0 aliphatic carbocycles. The number of benzene rings is 1. The van der Waals surface area contributed by atoms with E-state index in [4.69, 9.17) is 4.74 Å². The summed E-state index contributed by atoms with van der Waals surface area (Å²) in [6.45, 7) is 7.56. The second-order valence-electron chi connectivity index (χ2n) is 4.70. The molecule has 0 amide bonds. The zero-order valence-electron chi connectivity index (χ0n) is 12.8. The number of hydrogen-bond donors (Lipinski definition) is 2. The van der Waals surface area contributed by atoms with Gasteiger partial charge in [-0.2, -0.15) is 4.98 Å². The fourth-order valence-corrected chi connectivity index (χ4v) is 1.94. The summed E-state index contributed by atoms with van der Waals surface area (Å²) >= 11 is 0. The average molecular weight is 286 g/mol. The van der Waals surface area contributed by atoms with Crippen LogP contribution < -0.4 is 15.4 Å². The number of anilines is 3. The molecule has 0 radical (unpaired) electrons. The third kappa shape index (κ3) is 4.34. The lowest BCUT2D eigenvalue weighted by Gasteiger charge is -2.12. The van der Waals surface area contributed by atoms with E-state index in [1.807, 2.05) is 44.2 Å². The van der Waals surface area contributed by atoms with Crippen LogP contribution in [0.3, 0.4) is 0 Å². The molecule has 0 aliphatic rings. The Morgan fingerprint density at radius 3 is 2.71 bits per heavy atom. The number of nitrogens with zero attached hydrogens (tertiary/aromatic N) is 2. The summed E-state index contributed by atoms with van der Waals surface area (Å²) in [5.74, 6) is 2.20. The van der Waals surface area contributed by atoms with Crippen LogP contribution in [0.15, 0.2) is 30.3 Å². The molecule has 1 heterocycles. The fraction of sp³-hybridized carbons (Fsp3) is 0.375. The van der Waals surface area contributed by atoms with E-state index >= 15 is 0 Å². The Balaban J connectivity index is 2.21. The van der Waals surface area contributed by atoms with Crippen LogP contribution in [0, 0.1) is 6.92 Å². The SMILES string of the molecule is CCCNc1cc(C)nc(Nc2ccccc2OCC)n1. The highest BCUT2D eigenvalue weighted by molar-refractivity contribution is 5.63. The molecule has 2 aromatic rings. The summed E-state index contributed by atoms with van der Waals surface area (Å²) in [6, 6.07) is 9.72. The number of ether oxygens (including phenoxy) is 1. The number of aromatic nitrogens is 2. The Morgan fingerprint density at radius 1 is 1.14 bits per heavy atom. The van der Waals surface area contributed by atoms with E-state index in [-0.39, 0.29) is 0 Å². The molecule has 0 aliphatic heterocycles. The van der Waals surface area contributed by atoms with Gasteiger partial charge in [-0.15, -0.1) is 0 Å². The van der Waals surface area contributed by atoms with Crippen molar-refractivity contribution < 1.29 is 4.74 Å². The van der Waals surface area contributed by atoms with Crippen molar-refractivity contribution in [2.24, 2.45) is 0 Å². The van der Waals surface area contributed by atoms with Gasteiger partial charge in [-0.3, -0.25) is 0 Å². The Bertz CT molecular complexity index is 586. The molecule has 0 unspecified atom stereocenters. The van der Waals surface area contributed by atoms with Crippen LogP contribution in [0.2, 0.25) is 0 Å². The van der Waals surface area contributed by atoms with Gasteiger partial charge in [0.25, 0.3) is 0 Å². The number of para-hydroxylation sites is 2. The van der Waals surface area contributed by atoms with Crippen molar-refractivity contribution in [1.82, 2.24) is 9.97 Å². The minimum atomic E-state index is 0.570. The van der Waals surface area contributed by atoms with Crippen molar-refractivity contribution in [2.45, 2.75) is 27.2 Å². The minimum absolute atomic E-state index is 0.570. The Morgan fingerprint density at radius 2 is 1.95 bits per heavy atom. The zero-order chi connectivity index (χ0) is 15.1. The minimum Gasteiger partial charge on any atom is -0.492 e. The van der Waals surface area contributed by atoms with Crippen LogP contribution in [-0.2, 0) is 0 Å². The molecule has 0 spiro atoms. The lowest BCUT2D eigenvalue weighted by molar-refractivity contribution is 0.342. The number of aryl methyl sites for hydroxylation is 1. The molecule has 0 bridgehead atoms. The first-order valence-corrected chi connectivity index (χ1v) is 7.31. The quantitative estimate of drug-likeness (QED) is 0.811. The van der Waals surface area contributed by atoms with E-state index < -0.39 is 0 Å². The Kier molecular flexibility index (Phi) is 5.37. The van der Waals surface area contributed by atoms with Gasteiger partial charge in [0.15, 0.2) is 0 Å². The van der Waals surface area contributed by atoms with Crippen molar-refractivity contribution in [2.75, 3.05) is 23.8 Å². The van der Waals surface area contributed by atoms with Gasteiger partial charge in [0.1, 0.15) is 11.6 Å². The molecule has 5 nitrogen and oxygen atoms in total. The van der Waals surface area contributed by atoms with E-state index in [2.05, 4.69) is 27.5 Å². The van der Waals surface area contributed by atoms with Gasteiger partial charge in [-0.1, -0.05) is 19.1 Å². The molecule has 0 saturated carbocycles. The van der Waals surface area contributed by atoms with Crippen LogP contribution in [0.25, 0.3) is 0 Å². The number of rotatable bonds is 7. The Hall–Kier alpha value is -2.30. The van der Waals surface area contributed by atoms with E-state index in [1.54, 1.807) is 0 Å². The van der Waals surface area contributed by atoms with E-state index in [0.717, 1.165) is 35.9 Å². The lowest BCUT2D eigenvalue weighted by Crippen LogP contribution is -2.06. The molecule has 2 N–H and O–H groups in total. The van der Waals surface area contributed by atoms with Crippen LogP contribution in [-0.4, -0.2) is 23.1 Å². The maximum absolute atomic E-state index is 5.60. The van der Waals surface area contributed by atoms with Crippen molar-refractivity contribution in [1.29, 1.82) is 0 Å². The third-order valence-corrected chi connectivity index (χ3v) is 2.84. The highest BCUT2D eigenvalue weighted by Crippen LogP contribution is 2.26. The second kappa shape index (κ2) is 7.47. The van der Waals surface area contributed by atoms with Crippen LogP contribution >= 0.6 is 0 Å². The zero-order valence-corrected chi connectivity index (χ0v) is 12.8. The molecular weight excluding hydrogens is 264 g/mol. The van der Waals surface area contributed by atoms with Crippen molar-refractivity contribution >= 4 is 17.5 Å². The van der Waals surface area contributed by atoms with Crippen LogP contribution in [0.5, 0.6) is 5.75 Å². The molecule has 0 saturated heterocycles. The molecule has 112 valence electrons. The molecule has 1 aromatic heterocycles. The van der Waals surface area contributed by atoms with E-state index in [0.29, 0.717) is 12.6 Å². The standard InChI is InChI=1S/C16H22N4O/c1-4-10-17-15-11-12(3)18-16(20-15)19-13-8-6-7-9-14(13)21-5-2/h6-9,11H,4-5,10H2,1-3H3,(H2,17,18,19,20). The first-order valence-electron chi connectivity index (χ1n) is 7.31. The van der Waals surface area contributed by atoms with Gasteiger partial charge in [0.2, 0.25) is 5.95 Å². The first kappa shape index (κ1) is 15.1. The van der Waals surface area contributed by atoms with Gasteiger partial charge in [-0.25, -0.2) is 4.98 Å². The van der Waals surface area contributed by atoms with Crippen LogP contribution in [0.4, 0.5) is 17.5 Å². The van der Waals surface area contributed by atoms with Gasteiger partial charge in [0.05, 0.1) is 12.3 Å². The largest absolute Gasteiger partial charge is 0.492 e. The highest BCUT2D eigenvalue weighted by atomic mass is 16.5. The van der Waals surface area contributed by atoms with Crippen molar-refractivity contribution in [3.63, 3.8) is 0 Å². The molecule has 5 heteroatoms. The van der Waals surface area contributed by atoms with Crippen molar-refractivity contribution in [3.8, 4) is 5.75 Å². The topological polar surface area (TPSA) is 59.1 Å². The Labute approximate surface area is 125 Å². The predicted molar refractivity (Wildman–Crippen MR) is 86.4 cm³/mol. The van der Waals surface area contributed by atoms with Crippen molar-refractivity contribution in [3.05, 3.63) is 36.0 Å². The molecule has 2 rings (SSSR count). The van der Waals surface area contributed by atoms with Crippen LogP contribution in [0.1, 0.15) is 26.0 Å². The summed E-state index contributed by atoms with van der Waals surface area (Å²) in [5, 5.41) is 6.51. The maximum Gasteiger partial charge on any atom is 0.229 e. The monoisotopic (exact) mass is 286 g/mol. The highest BCUT2D eigenvalue weighted by Gasteiger charge is 2.06. The molecular formula is C16H22N4O. The summed E-state index contributed by atoms with van der Waals surface area (Å²) in [4.78, 5) is 8.90. The summed E-state index contributed by atoms with van der Waals surface area (Å²) in [5.41, 5.74) is 1.78. The predicted octanol–water partition coefficient (Wildman–Crippen LogP) is 3.75. The molecule has 21 heavy (non-hydrogen) atoms. The van der Waals surface area contributed by atoms with E-state index in [1.165, 1.54) is 0 Å². The maximum atomic E-state index is 5.60. The fourth-order valence-electron chi connectivity index (χ4n) is 1.94. The normalized spacial score (nSPS) is 10.2. The van der Waals surface area contributed by atoms with Gasteiger partial charge < -0.3 is 15.4 Å². The second-order valence-corrected chi connectivity index (χ2v) is 4.70.